The number of nitrogens with one attached hydrogen (secondary N) is 1. The number of hydrogen-bond donors (Lipinski definition) is 1. The molecule has 0 aromatic carbocycles. The zero-order chi connectivity index (χ0) is 17.8. The number of nitrogens with zero attached hydrogens (tertiary/aromatic N) is 4. The van der Waals surface area contributed by atoms with Crippen LogP contribution in [0.1, 0.15) is 37.8 Å². The van der Waals surface area contributed by atoms with Gasteiger partial charge in [0.25, 0.3) is 0 Å². The summed E-state index contributed by atoms with van der Waals surface area (Å²) in [4.78, 5) is 28.1. The maximum atomic E-state index is 12.6. The Balaban J connectivity index is 1.64. The molecule has 0 aliphatic carbocycles. The molecule has 3 amide bonds. The van der Waals surface area contributed by atoms with E-state index in [9.17, 15) is 9.59 Å². The Morgan fingerprint density at radius 3 is 2.96 bits per heavy atom. The number of carbonyl (C=O) groups is 2. The molecule has 0 bridgehead atoms. The molecule has 1 aromatic heterocycles. The van der Waals surface area contributed by atoms with Crippen molar-refractivity contribution in [1.29, 1.82) is 0 Å². The second-order valence-electron chi connectivity index (χ2n) is 6.67. The molecule has 3 heterocycles. The Labute approximate surface area is 148 Å². The molecule has 1 aromatic rings. The van der Waals surface area contributed by atoms with Crippen molar-refractivity contribution in [3.63, 3.8) is 0 Å². The highest BCUT2D eigenvalue weighted by atomic mass is 16.5. The molecular formula is C17H27N5O3. The second-order valence-corrected chi connectivity index (χ2v) is 6.67. The lowest BCUT2D eigenvalue weighted by Crippen LogP contribution is -2.41. The standard InChI is InChI=1S/C17H27N5O3/c1-3-21-7-5-8-22(11-16(21)23)17(24)18-15-10-14(19-20(15)2)13-6-4-9-25-12-13/h10,13H,3-9,11-12H2,1-2H3,(H,18,24). The number of aromatic nitrogens is 2. The fourth-order valence-electron chi connectivity index (χ4n) is 3.40. The van der Waals surface area contributed by atoms with Crippen LogP contribution in [0, 0.1) is 0 Å². The number of ether oxygens (including phenoxy) is 1. The molecule has 2 saturated heterocycles. The van der Waals surface area contributed by atoms with Gasteiger partial charge in [0.2, 0.25) is 5.91 Å². The first-order valence-electron chi connectivity index (χ1n) is 9.04. The molecule has 0 radical (unpaired) electrons. The van der Waals surface area contributed by atoms with E-state index in [0.29, 0.717) is 32.1 Å². The summed E-state index contributed by atoms with van der Waals surface area (Å²) in [5.74, 6) is 0.929. The lowest BCUT2D eigenvalue weighted by Gasteiger charge is -2.21. The van der Waals surface area contributed by atoms with Crippen molar-refractivity contribution in [3.05, 3.63) is 11.8 Å². The fraction of sp³-hybridized carbons (Fsp3) is 0.706. The van der Waals surface area contributed by atoms with Crippen LogP contribution >= 0.6 is 0 Å². The van der Waals surface area contributed by atoms with Crippen molar-refractivity contribution in [1.82, 2.24) is 19.6 Å². The van der Waals surface area contributed by atoms with Crippen LogP contribution in [-0.2, 0) is 16.6 Å². The Morgan fingerprint density at radius 1 is 1.40 bits per heavy atom. The largest absolute Gasteiger partial charge is 0.381 e. The third kappa shape index (κ3) is 4.12. The van der Waals surface area contributed by atoms with Gasteiger partial charge in [-0.05, 0) is 26.2 Å². The molecule has 25 heavy (non-hydrogen) atoms. The van der Waals surface area contributed by atoms with E-state index in [2.05, 4.69) is 10.4 Å². The predicted molar refractivity (Wildman–Crippen MR) is 93.5 cm³/mol. The fourth-order valence-corrected chi connectivity index (χ4v) is 3.40. The first-order chi connectivity index (χ1) is 12.1. The van der Waals surface area contributed by atoms with E-state index < -0.39 is 0 Å². The molecule has 0 spiro atoms. The third-order valence-electron chi connectivity index (χ3n) is 4.92. The van der Waals surface area contributed by atoms with Crippen LogP contribution in [0.4, 0.5) is 10.6 Å². The smallest absolute Gasteiger partial charge is 0.323 e. The number of anilines is 1. The molecule has 1 N–H and O–H groups in total. The summed E-state index contributed by atoms with van der Waals surface area (Å²) in [6, 6.07) is 1.66. The molecule has 2 aliphatic rings. The number of carbonyl (C=O) groups excluding carboxylic acids is 2. The first kappa shape index (κ1) is 17.7. The highest BCUT2D eigenvalue weighted by Crippen LogP contribution is 2.26. The molecule has 1 atom stereocenters. The van der Waals surface area contributed by atoms with E-state index in [1.807, 2.05) is 20.0 Å². The summed E-state index contributed by atoms with van der Waals surface area (Å²) >= 11 is 0. The van der Waals surface area contributed by atoms with E-state index in [1.54, 1.807) is 14.5 Å². The molecule has 1 unspecified atom stereocenters. The first-order valence-corrected chi connectivity index (χ1v) is 9.04. The number of hydrogen-bond acceptors (Lipinski definition) is 4. The van der Waals surface area contributed by atoms with E-state index in [-0.39, 0.29) is 24.4 Å². The molecule has 3 rings (SSSR count). The summed E-state index contributed by atoms with van der Waals surface area (Å²) < 4.78 is 7.20. The molecule has 0 saturated carbocycles. The van der Waals surface area contributed by atoms with Gasteiger partial charge in [-0.2, -0.15) is 5.10 Å². The van der Waals surface area contributed by atoms with Crippen LogP contribution in [-0.4, -0.2) is 70.9 Å². The topological polar surface area (TPSA) is 79.7 Å². The average molecular weight is 349 g/mol. The van der Waals surface area contributed by atoms with Gasteiger partial charge in [-0.25, -0.2) is 4.79 Å². The number of aryl methyl sites for hydroxylation is 1. The number of likely N-dealkylation sites (N-methyl/N-ethyl adjacent to an activating group) is 1. The number of rotatable bonds is 3. The Hall–Kier alpha value is -2.09. The van der Waals surface area contributed by atoms with Gasteiger partial charge in [-0.15, -0.1) is 0 Å². The molecule has 138 valence electrons. The van der Waals surface area contributed by atoms with Crippen molar-refractivity contribution in [2.75, 3.05) is 44.7 Å². The molecule has 2 aliphatic heterocycles. The SMILES string of the molecule is CCN1CCCN(C(=O)Nc2cc(C3CCCOC3)nn2C)CC1=O. The van der Waals surface area contributed by atoms with E-state index >= 15 is 0 Å². The van der Waals surface area contributed by atoms with Crippen LogP contribution in [0.3, 0.4) is 0 Å². The van der Waals surface area contributed by atoms with Gasteiger partial charge in [-0.3, -0.25) is 14.8 Å². The van der Waals surface area contributed by atoms with Crippen molar-refractivity contribution in [2.45, 2.75) is 32.1 Å². The van der Waals surface area contributed by atoms with Gasteiger partial charge in [0.1, 0.15) is 12.4 Å². The number of urea groups is 1. The Kier molecular flexibility index (Phi) is 5.57. The summed E-state index contributed by atoms with van der Waals surface area (Å²) in [6.07, 6.45) is 2.88. The average Bonchev–Trinajstić information content (AvgIpc) is 2.87. The van der Waals surface area contributed by atoms with Gasteiger partial charge >= 0.3 is 6.03 Å². The predicted octanol–water partition coefficient (Wildman–Crippen LogP) is 1.40. The number of amides is 3. The lowest BCUT2D eigenvalue weighted by molar-refractivity contribution is -0.130. The molecular weight excluding hydrogens is 322 g/mol. The minimum Gasteiger partial charge on any atom is -0.381 e. The van der Waals surface area contributed by atoms with Crippen molar-refractivity contribution < 1.29 is 14.3 Å². The van der Waals surface area contributed by atoms with Crippen molar-refractivity contribution >= 4 is 17.8 Å². The molecule has 2 fully saturated rings. The highest BCUT2D eigenvalue weighted by Gasteiger charge is 2.25. The Morgan fingerprint density at radius 2 is 2.24 bits per heavy atom. The third-order valence-corrected chi connectivity index (χ3v) is 4.92. The quantitative estimate of drug-likeness (QED) is 0.894. The summed E-state index contributed by atoms with van der Waals surface area (Å²) in [5.41, 5.74) is 0.946. The Bertz CT molecular complexity index is 624. The highest BCUT2D eigenvalue weighted by molar-refractivity contribution is 5.92. The van der Waals surface area contributed by atoms with Crippen LogP contribution in [0.25, 0.3) is 0 Å². The summed E-state index contributed by atoms with van der Waals surface area (Å²) in [6.45, 7) is 5.54. The van der Waals surface area contributed by atoms with Crippen LogP contribution in [0.15, 0.2) is 6.07 Å². The molecule has 8 nitrogen and oxygen atoms in total. The monoisotopic (exact) mass is 349 g/mol. The van der Waals surface area contributed by atoms with Crippen molar-refractivity contribution in [2.24, 2.45) is 7.05 Å². The zero-order valence-electron chi connectivity index (χ0n) is 15.0. The van der Waals surface area contributed by atoms with E-state index in [1.165, 1.54) is 0 Å². The van der Waals surface area contributed by atoms with Gasteiger partial charge in [-0.1, -0.05) is 0 Å². The van der Waals surface area contributed by atoms with E-state index in [4.69, 9.17) is 4.74 Å². The second kappa shape index (κ2) is 7.86. The minimum absolute atomic E-state index is 0.000185. The van der Waals surface area contributed by atoms with Gasteiger partial charge < -0.3 is 14.5 Å². The van der Waals surface area contributed by atoms with Gasteiger partial charge in [0, 0.05) is 45.3 Å². The van der Waals surface area contributed by atoms with E-state index in [0.717, 1.165) is 31.6 Å². The maximum Gasteiger partial charge on any atom is 0.323 e. The van der Waals surface area contributed by atoms with Gasteiger partial charge in [0.15, 0.2) is 0 Å². The minimum atomic E-state index is -0.249. The van der Waals surface area contributed by atoms with Crippen LogP contribution in [0.2, 0.25) is 0 Å². The molecule has 8 heteroatoms. The van der Waals surface area contributed by atoms with Gasteiger partial charge in [0.05, 0.1) is 12.3 Å². The summed E-state index contributed by atoms with van der Waals surface area (Å²) in [5, 5.41) is 7.42. The normalized spacial score (nSPS) is 22.0. The van der Waals surface area contributed by atoms with Crippen LogP contribution in [0.5, 0.6) is 0 Å². The van der Waals surface area contributed by atoms with Crippen molar-refractivity contribution in [3.8, 4) is 0 Å². The van der Waals surface area contributed by atoms with Crippen LogP contribution < -0.4 is 5.32 Å². The summed E-state index contributed by atoms with van der Waals surface area (Å²) in [7, 11) is 1.81. The maximum absolute atomic E-state index is 12.6. The zero-order valence-corrected chi connectivity index (χ0v) is 15.0. The lowest BCUT2D eigenvalue weighted by atomic mass is 9.99.